The Morgan fingerprint density at radius 3 is 2.48 bits per heavy atom. The number of nitrogens with one attached hydrogen (secondary N) is 1. The average molecular weight is 429 g/mol. The first-order valence-electron chi connectivity index (χ1n) is 8.68. The van der Waals surface area contributed by atoms with E-state index in [4.69, 9.17) is 11.6 Å². The fraction of sp³-hybridized carbons (Fsp3) is 0.333. The number of nitro groups is 1. The van der Waals surface area contributed by atoms with Gasteiger partial charge in [-0.15, -0.1) is 0 Å². The van der Waals surface area contributed by atoms with Crippen molar-refractivity contribution in [2.75, 3.05) is 18.0 Å². The first-order chi connectivity index (χ1) is 13.6. The third kappa shape index (κ3) is 4.94. The molecule has 0 aliphatic carbocycles. The van der Waals surface area contributed by atoms with Crippen LogP contribution in [0.15, 0.2) is 36.5 Å². The molecule has 2 aromatic rings. The maximum atomic E-state index is 12.6. The summed E-state index contributed by atoms with van der Waals surface area (Å²) in [4.78, 5) is 28.4. The monoisotopic (exact) mass is 428 g/mol. The number of nitrogens with zero attached hydrogens (tertiary/aromatic N) is 3. The second-order valence-corrected chi connectivity index (χ2v) is 6.97. The molecule has 1 aliphatic heterocycles. The second kappa shape index (κ2) is 8.24. The third-order valence-electron chi connectivity index (χ3n) is 4.63. The summed E-state index contributed by atoms with van der Waals surface area (Å²) in [6.07, 6.45) is -2.51. The van der Waals surface area contributed by atoms with Crippen molar-refractivity contribution in [2.45, 2.75) is 25.1 Å². The lowest BCUT2D eigenvalue weighted by molar-refractivity contribution is -0.384. The Kier molecular flexibility index (Phi) is 5.92. The van der Waals surface area contributed by atoms with Crippen LogP contribution in [0.2, 0.25) is 5.02 Å². The summed E-state index contributed by atoms with van der Waals surface area (Å²) in [5.41, 5.74) is -1.02. The zero-order valence-corrected chi connectivity index (χ0v) is 15.7. The molecule has 7 nitrogen and oxygen atoms in total. The van der Waals surface area contributed by atoms with Crippen molar-refractivity contribution >= 4 is 29.0 Å². The van der Waals surface area contributed by atoms with Crippen LogP contribution >= 0.6 is 11.6 Å². The molecule has 1 saturated heterocycles. The van der Waals surface area contributed by atoms with Crippen LogP contribution in [0, 0.1) is 10.1 Å². The van der Waals surface area contributed by atoms with Gasteiger partial charge in [0.05, 0.1) is 10.5 Å². The zero-order valence-electron chi connectivity index (χ0n) is 14.9. The van der Waals surface area contributed by atoms with Gasteiger partial charge in [0.25, 0.3) is 11.6 Å². The van der Waals surface area contributed by atoms with Gasteiger partial charge in [0.15, 0.2) is 0 Å². The Labute approximate surface area is 168 Å². The van der Waals surface area contributed by atoms with Crippen molar-refractivity contribution in [2.24, 2.45) is 0 Å². The molecule has 0 bridgehead atoms. The van der Waals surface area contributed by atoms with Gasteiger partial charge in [0.1, 0.15) is 10.8 Å². The molecular weight excluding hydrogens is 413 g/mol. The quantitative estimate of drug-likeness (QED) is 0.586. The number of amides is 1. The Balaban J connectivity index is 1.58. The summed E-state index contributed by atoms with van der Waals surface area (Å²) >= 11 is 5.75. The van der Waals surface area contributed by atoms with Crippen LogP contribution in [0.1, 0.15) is 28.8 Å². The van der Waals surface area contributed by atoms with Crippen LogP contribution in [0.4, 0.5) is 24.7 Å². The van der Waals surface area contributed by atoms with E-state index in [0.29, 0.717) is 31.7 Å². The molecular formula is C18H16ClF3N4O3. The summed E-state index contributed by atoms with van der Waals surface area (Å²) in [5.74, 6) is -0.00743. The number of nitro benzene ring substituents is 1. The fourth-order valence-electron chi connectivity index (χ4n) is 3.06. The lowest BCUT2D eigenvalue weighted by Gasteiger charge is -2.33. The molecule has 0 spiro atoms. The predicted molar refractivity (Wildman–Crippen MR) is 100 cm³/mol. The molecule has 0 unspecified atom stereocenters. The van der Waals surface area contributed by atoms with Crippen molar-refractivity contribution in [3.05, 3.63) is 62.8 Å². The Morgan fingerprint density at radius 1 is 1.24 bits per heavy atom. The van der Waals surface area contributed by atoms with Crippen molar-refractivity contribution in [1.29, 1.82) is 0 Å². The summed E-state index contributed by atoms with van der Waals surface area (Å²) in [7, 11) is 0. The van der Waals surface area contributed by atoms with Gasteiger partial charge in [0, 0.05) is 37.0 Å². The largest absolute Gasteiger partial charge is 0.417 e. The van der Waals surface area contributed by atoms with Crippen LogP contribution in [0.3, 0.4) is 0 Å². The first kappa shape index (κ1) is 20.8. The number of pyridine rings is 1. The van der Waals surface area contributed by atoms with E-state index < -0.39 is 22.6 Å². The third-order valence-corrected chi connectivity index (χ3v) is 4.95. The average Bonchev–Trinajstić information content (AvgIpc) is 2.68. The minimum absolute atomic E-state index is 0.0519. The van der Waals surface area contributed by atoms with E-state index in [0.717, 1.165) is 18.3 Å². The summed E-state index contributed by atoms with van der Waals surface area (Å²) in [6.45, 7) is 1.01. The number of rotatable bonds is 4. The number of piperidine rings is 1. The normalized spacial score (nSPS) is 15.2. The molecule has 1 fully saturated rings. The van der Waals surface area contributed by atoms with Crippen molar-refractivity contribution < 1.29 is 22.9 Å². The zero-order chi connectivity index (χ0) is 21.2. The summed E-state index contributed by atoms with van der Waals surface area (Å²) in [6, 6.07) is 5.99. The van der Waals surface area contributed by atoms with Crippen LogP contribution in [-0.2, 0) is 6.18 Å². The summed E-state index contributed by atoms with van der Waals surface area (Å²) in [5, 5.41) is 13.7. The molecule has 154 valence electrons. The van der Waals surface area contributed by atoms with E-state index in [1.807, 2.05) is 4.90 Å². The number of hydrogen-bond donors (Lipinski definition) is 1. The minimum Gasteiger partial charge on any atom is -0.356 e. The summed E-state index contributed by atoms with van der Waals surface area (Å²) < 4.78 is 37.9. The number of benzene rings is 1. The molecule has 0 atom stereocenters. The van der Waals surface area contributed by atoms with Gasteiger partial charge in [-0.05, 0) is 37.1 Å². The van der Waals surface area contributed by atoms with Gasteiger partial charge in [-0.2, -0.15) is 13.2 Å². The molecule has 0 saturated carbocycles. The number of hydrogen-bond acceptors (Lipinski definition) is 5. The standard InChI is InChI=1S/C18H16ClF3N4O3/c19-14-3-1-11(9-15(14)26(28)29)17(27)24-13-5-7-25(8-6-13)16-4-2-12(10-23-16)18(20,21)22/h1-4,9-10,13H,5-8H2,(H,24,27). The van der Waals surface area contributed by atoms with Gasteiger partial charge in [-0.25, -0.2) is 4.98 Å². The highest BCUT2D eigenvalue weighted by Gasteiger charge is 2.31. The highest BCUT2D eigenvalue weighted by Crippen LogP contribution is 2.30. The topological polar surface area (TPSA) is 88.4 Å². The molecule has 2 heterocycles. The van der Waals surface area contributed by atoms with Gasteiger partial charge in [0.2, 0.25) is 0 Å². The number of halogens is 4. The smallest absolute Gasteiger partial charge is 0.356 e. The molecule has 11 heteroatoms. The highest BCUT2D eigenvalue weighted by atomic mass is 35.5. The van der Waals surface area contributed by atoms with E-state index >= 15 is 0 Å². The predicted octanol–water partition coefficient (Wildman–Crippen LogP) is 4.06. The van der Waals surface area contributed by atoms with E-state index in [2.05, 4.69) is 10.3 Å². The maximum Gasteiger partial charge on any atom is 0.417 e. The number of alkyl halides is 3. The molecule has 1 amide bonds. The van der Waals surface area contributed by atoms with Crippen molar-refractivity contribution in [3.63, 3.8) is 0 Å². The lowest BCUT2D eigenvalue weighted by atomic mass is 10.0. The molecule has 1 aromatic heterocycles. The number of carbonyl (C=O) groups excluding carboxylic acids is 1. The molecule has 1 aliphatic rings. The number of anilines is 1. The van der Waals surface area contributed by atoms with Gasteiger partial charge in [-0.1, -0.05) is 11.6 Å². The fourth-order valence-corrected chi connectivity index (χ4v) is 3.24. The van der Waals surface area contributed by atoms with Crippen LogP contribution < -0.4 is 10.2 Å². The van der Waals surface area contributed by atoms with Gasteiger partial charge in [-0.3, -0.25) is 14.9 Å². The minimum atomic E-state index is -4.43. The Bertz CT molecular complexity index is 914. The van der Waals surface area contributed by atoms with Crippen LogP contribution in [0.25, 0.3) is 0 Å². The molecule has 29 heavy (non-hydrogen) atoms. The lowest BCUT2D eigenvalue weighted by Crippen LogP contribution is -2.45. The number of aromatic nitrogens is 1. The second-order valence-electron chi connectivity index (χ2n) is 6.56. The van der Waals surface area contributed by atoms with E-state index in [-0.39, 0.29) is 22.3 Å². The van der Waals surface area contributed by atoms with Crippen LogP contribution in [-0.4, -0.2) is 34.9 Å². The van der Waals surface area contributed by atoms with E-state index in [1.165, 1.54) is 18.2 Å². The maximum absolute atomic E-state index is 12.6. The van der Waals surface area contributed by atoms with Crippen molar-refractivity contribution in [1.82, 2.24) is 10.3 Å². The molecule has 1 N–H and O–H groups in total. The first-order valence-corrected chi connectivity index (χ1v) is 9.06. The van der Waals surface area contributed by atoms with Gasteiger partial charge < -0.3 is 10.2 Å². The molecule has 0 radical (unpaired) electrons. The van der Waals surface area contributed by atoms with Crippen LogP contribution in [0.5, 0.6) is 0 Å². The van der Waals surface area contributed by atoms with E-state index in [1.54, 1.807) is 0 Å². The molecule has 1 aromatic carbocycles. The Morgan fingerprint density at radius 2 is 1.93 bits per heavy atom. The molecule has 3 rings (SSSR count). The number of carbonyl (C=O) groups is 1. The SMILES string of the molecule is O=C(NC1CCN(c2ccc(C(F)(F)F)cn2)CC1)c1ccc(Cl)c([N+](=O)[O-])c1. The van der Waals surface area contributed by atoms with Gasteiger partial charge >= 0.3 is 6.18 Å². The van der Waals surface area contributed by atoms with E-state index in [9.17, 15) is 28.1 Å². The highest BCUT2D eigenvalue weighted by molar-refractivity contribution is 6.32. The van der Waals surface area contributed by atoms with Crippen molar-refractivity contribution in [3.8, 4) is 0 Å². The Hall–Kier alpha value is -2.88.